The van der Waals surface area contributed by atoms with Gasteiger partial charge in [-0.05, 0) is 28.1 Å². The number of likely N-dealkylation sites (N-methyl/N-ethyl adjacent to an activating group) is 1. The molecule has 0 heterocycles. The molecular weight excluding hydrogens is 202 g/mol. The van der Waals surface area contributed by atoms with Crippen molar-refractivity contribution < 1.29 is 8.42 Å². The van der Waals surface area contributed by atoms with Crippen LogP contribution in [-0.4, -0.2) is 59.3 Å². The Balaban J connectivity index is 3.95. The summed E-state index contributed by atoms with van der Waals surface area (Å²) in [5.74, 6) is 0. The molecule has 0 aromatic carbocycles. The van der Waals surface area contributed by atoms with Gasteiger partial charge in [0.2, 0.25) is 10.0 Å². The minimum absolute atomic E-state index is 0.394. The summed E-state index contributed by atoms with van der Waals surface area (Å²) in [7, 11) is 2.40. The number of hydrogen-bond acceptors (Lipinski definition) is 4. The lowest BCUT2D eigenvalue weighted by Gasteiger charge is -2.15. The Hall–Kier alpha value is -0.170. The average molecular weight is 223 g/mol. The molecular formula is C8H21N3O2S. The van der Waals surface area contributed by atoms with Crippen LogP contribution in [0.5, 0.6) is 0 Å². The highest BCUT2D eigenvalue weighted by molar-refractivity contribution is 7.90. The summed E-state index contributed by atoms with van der Waals surface area (Å²) in [6, 6.07) is 0. The van der Waals surface area contributed by atoms with Gasteiger partial charge in [-0.15, -0.1) is 0 Å². The van der Waals surface area contributed by atoms with Gasteiger partial charge in [0.25, 0.3) is 0 Å². The molecule has 0 aliphatic heterocycles. The summed E-state index contributed by atoms with van der Waals surface area (Å²) in [5, 5.41) is 2.45. The molecule has 0 aliphatic rings. The Morgan fingerprint density at radius 3 is 2.36 bits per heavy atom. The van der Waals surface area contributed by atoms with E-state index in [0.717, 1.165) is 0 Å². The number of hydrogen-bond donors (Lipinski definition) is 2. The molecule has 14 heavy (non-hydrogen) atoms. The third-order valence-electron chi connectivity index (χ3n) is 1.88. The van der Waals surface area contributed by atoms with E-state index in [0.29, 0.717) is 19.6 Å². The molecule has 5 nitrogen and oxygen atoms in total. The van der Waals surface area contributed by atoms with Crippen LogP contribution >= 0.6 is 0 Å². The zero-order valence-corrected chi connectivity index (χ0v) is 10.2. The van der Waals surface area contributed by atoms with Gasteiger partial charge in [-0.1, -0.05) is 0 Å². The van der Waals surface area contributed by atoms with Gasteiger partial charge in [0.15, 0.2) is 0 Å². The van der Waals surface area contributed by atoms with Gasteiger partial charge in [-0.3, -0.25) is 0 Å². The first-order chi connectivity index (χ1) is 6.40. The summed E-state index contributed by atoms with van der Waals surface area (Å²) in [6.07, 6.45) is 0. The van der Waals surface area contributed by atoms with E-state index in [1.165, 1.54) is 0 Å². The average Bonchev–Trinajstić information content (AvgIpc) is 2.03. The second-order valence-electron chi connectivity index (χ2n) is 3.61. The van der Waals surface area contributed by atoms with Crippen molar-refractivity contribution in [2.45, 2.75) is 12.2 Å². The first kappa shape index (κ1) is 13.8. The minimum Gasteiger partial charge on any atom is -0.318 e. The maximum Gasteiger partial charge on any atom is 0.215 e. The second kappa shape index (κ2) is 6.34. The maximum atomic E-state index is 11.5. The number of sulfonamides is 1. The molecule has 0 bridgehead atoms. The van der Waals surface area contributed by atoms with Crippen LogP contribution in [0.25, 0.3) is 0 Å². The monoisotopic (exact) mass is 223 g/mol. The van der Waals surface area contributed by atoms with Crippen molar-refractivity contribution in [2.24, 2.45) is 0 Å². The fraction of sp³-hybridized carbons (Fsp3) is 1.00. The molecule has 0 saturated carbocycles. The molecule has 0 fully saturated rings. The van der Waals surface area contributed by atoms with Crippen LogP contribution in [0, 0.1) is 0 Å². The Kier molecular flexibility index (Phi) is 6.26. The zero-order valence-electron chi connectivity index (χ0n) is 9.37. The molecule has 0 rings (SSSR count). The Morgan fingerprint density at radius 2 is 1.93 bits per heavy atom. The lowest BCUT2D eigenvalue weighted by Crippen LogP contribution is -2.40. The lowest BCUT2D eigenvalue weighted by atomic mass is 10.5. The smallest absolute Gasteiger partial charge is 0.215 e. The molecule has 0 spiro atoms. The minimum atomic E-state index is -3.16. The molecule has 2 N–H and O–H groups in total. The van der Waals surface area contributed by atoms with Crippen molar-refractivity contribution in [1.29, 1.82) is 0 Å². The Morgan fingerprint density at radius 1 is 1.36 bits per heavy atom. The van der Waals surface area contributed by atoms with Gasteiger partial charge in [0.05, 0.1) is 5.25 Å². The van der Waals surface area contributed by atoms with Crippen molar-refractivity contribution >= 4 is 10.0 Å². The number of nitrogens with zero attached hydrogens (tertiary/aromatic N) is 1. The number of rotatable bonds is 7. The normalized spacial score (nSPS) is 14.6. The Bertz CT molecular complexity index is 239. The largest absolute Gasteiger partial charge is 0.318 e. The van der Waals surface area contributed by atoms with Gasteiger partial charge in [-0.2, -0.15) is 0 Å². The topological polar surface area (TPSA) is 61.4 Å². The van der Waals surface area contributed by atoms with Crippen LogP contribution in [0.1, 0.15) is 6.92 Å². The molecule has 0 aromatic rings. The fourth-order valence-corrected chi connectivity index (χ4v) is 2.00. The molecule has 1 unspecified atom stereocenters. The summed E-state index contributed by atoms with van der Waals surface area (Å²) in [4.78, 5) is 1.94. The summed E-state index contributed by atoms with van der Waals surface area (Å²) >= 11 is 0. The van der Waals surface area contributed by atoms with Crippen LogP contribution in [0.3, 0.4) is 0 Å². The van der Waals surface area contributed by atoms with E-state index in [1.807, 2.05) is 19.0 Å². The third kappa shape index (κ3) is 5.54. The molecule has 0 saturated heterocycles. The van der Waals surface area contributed by atoms with Crippen LogP contribution in [0.2, 0.25) is 0 Å². The predicted octanol–water partition coefficient (Wildman–Crippen LogP) is -0.925. The standard InChI is InChI=1S/C8H21N3O2S/c1-8(7-9-2)14(12,13)10-5-6-11(3)4/h8-10H,5-7H2,1-4H3. The lowest BCUT2D eigenvalue weighted by molar-refractivity contribution is 0.412. The van der Waals surface area contributed by atoms with E-state index >= 15 is 0 Å². The summed E-state index contributed by atoms with van der Waals surface area (Å²) < 4.78 is 25.6. The molecule has 0 aliphatic carbocycles. The summed E-state index contributed by atoms with van der Waals surface area (Å²) in [5.41, 5.74) is 0. The van der Waals surface area contributed by atoms with Gasteiger partial charge < -0.3 is 10.2 Å². The highest BCUT2D eigenvalue weighted by Crippen LogP contribution is 1.95. The van der Waals surface area contributed by atoms with Gasteiger partial charge in [0, 0.05) is 19.6 Å². The van der Waals surface area contributed by atoms with Crippen LogP contribution in [0.15, 0.2) is 0 Å². The molecule has 0 amide bonds. The van der Waals surface area contributed by atoms with E-state index in [9.17, 15) is 8.42 Å². The van der Waals surface area contributed by atoms with Gasteiger partial charge >= 0.3 is 0 Å². The van der Waals surface area contributed by atoms with Crippen molar-refractivity contribution in [3.63, 3.8) is 0 Å². The first-order valence-electron chi connectivity index (χ1n) is 4.68. The molecule has 1 atom stereocenters. The quantitative estimate of drug-likeness (QED) is 0.586. The van der Waals surface area contributed by atoms with Crippen LogP contribution in [0.4, 0.5) is 0 Å². The van der Waals surface area contributed by atoms with E-state index < -0.39 is 15.3 Å². The predicted molar refractivity (Wildman–Crippen MR) is 58.9 cm³/mol. The van der Waals surface area contributed by atoms with Crippen molar-refractivity contribution in [3.05, 3.63) is 0 Å². The van der Waals surface area contributed by atoms with Crippen molar-refractivity contribution in [2.75, 3.05) is 40.8 Å². The fourth-order valence-electron chi connectivity index (χ4n) is 0.951. The first-order valence-corrected chi connectivity index (χ1v) is 6.22. The van der Waals surface area contributed by atoms with E-state index in [-0.39, 0.29) is 0 Å². The van der Waals surface area contributed by atoms with E-state index in [2.05, 4.69) is 10.0 Å². The molecule has 0 aromatic heterocycles. The SMILES string of the molecule is CNCC(C)S(=O)(=O)NCCN(C)C. The van der Waals surface area contributed by atoms with Gasteiger partial charge in [0.1, 0.15) is 0 Å². The molecule has 0 radical (unpaired) electrons. The van der Waals surface area contributed by atoms with Gasteiger partial charge in [-0.25, -0.2) is 13.1 Å². The van der Waals surface area contributed by atoms with Crippen LogP contribution < -0.4 is 10.0 Å². The Labute approximate surface area is 86.9 Å². The number of nitrogens with one attached hydrogen (secondary N) is 2. The maximum absolute atomic E-state index is 11.5. The van der Waals surface area contributed by atoms with Crippen LogP contribution in [-0.2, 0) is 10.0 Å². The summed E-state index contributed by atoms with van der Waals surface area (Å²) in [6.45, 7) is 3.33. The van der Waals surface area contributed by atoms with Crippen molar-refractivity contribution in [1.82, 2.24) is 14.9 Å². The molecule has 86 valence electrons. The highest BCUT2D eigenvalue weighted by atomic mass is 32.2. The van der Waals surface area contributed by atoms with E-state index in [4.69, 9.17) is 0 Å². The zero-order chi connectivity index (χ0) is 11.2. The highest BCUT2D eigenvalue weighted by Gasteiger charge is 2.18. The third-order valence-corrected chi connectivity index (χ3v) is 3.72. The second-order valence-corrected chi connectivity index (χ2v) is 5.79. The molecule has 6 heteroatoms. The van der Waals surface area contributed by atoms with E-state index in [1.54, 1.807) is 14.0 Å². The van der Waals surface area contributed by atoms with Crippen molar-refractivity contribution in [3.8, 4) is 0 Å².